The Balaban J connectivity index is 1.16. The first-order valence-electron chi connectivity index (χ1n) is 11.2. The van der Waals surface area contributed by atoms with Crippen LogP contribution < -0.4 is 16.0 Å². The summed E-state index contributed by atoms with van der Waals surface area (Å²) in [6.07, 6.45) is 5.44. The maximum absolute atomic E-state index is 13.0. The second kappa shape index (κ2) is 7.19. The number of carbonyl (C=O) groups is 1. The molecule has 7 heteroatoms. The summed E-state index contributed by atoms with van der Waals surface area (Å²) < 4.78 is 0. The topological polar surface area (TPSA) is 84.1 Å². The number of anilines is 2. The van der Waals surface area contributed by atoms with Gasteiger partial charge in [0.1, 0.15) is 15.5 Å². The van der Waals surface area contributed by atoms with Gasteiger partial charge in [-0.25, -0.2) is 9.97 Å². The SMILES string of the molecule is Cc1ccc2c(N)c(C(=O)N[C@H]3CCc4nc(N5CC6CC(C6)C5)ccc4C3)sc2n1. The molecule has 3 N–H and O–H groups in total. The molecule has 3 aromatic heterocycles. The van der Waals surface area contributed by atoms with Crippen molar-refractivity contribution in [2.24, 2.45) is 11.8 Å². The van der Waals surface area contributed by atoms with Gasteiger partial charge in [-0.2, -0.15) is 0 Å². The lowest BCUT2D eigenvalue weighted by Gasteiger charge is -2.47. The number of thiophene rings is 1. The number of pyridine rings is 2. The molecule has 2 aliphatic carbocycles. The number of nitrogen functional groups attached to an aromatic ring is 1. The lowest BCUT2D eigenvalue weighted by Crippen LogP contribution is -2.49. The van der Waals surface area contributed by atoms with Crippen LogP contribution in [-0.4, -0.2) is 35.0 Å². The summed E-state index contributed by atoms with van der Waals surface area (Å²) in [5.74, 6) is 2.79. The van der Waals surface area contributed by atoms with E-state index >= 15 is 0 Å². The van der Waals surface area contributed by atoms with Crippen molar-refractivity contribution in [3.63, 3.8) is 0 Å². The molecule has 3 fully saturated rings. The van der Waals surface area contributed by atoms with Crippen LogP contribution in [0.3, 0.4) is 0 Å². The second-order valence-electron chi connectivity index (χ2n) is 9.45. The molecule has 2 bridgehead atoms. The fourth-order valence-corrected chi connectivity index (χ4v) is 6.51. The van der Waals surface area contributed by atoms with Crippen LogP contribution in [0.15, 0.2) is 24.3 Å². The predicted molar refractivity (Wildman–Crippen MR) is 125 cm³/mol. The monoisotopic (exact) mass is 433 g/mol. The highest BCUT2D eigenvalue weighted by Gasteiger charge is 2.37. The van der Waals surface area contributed by atoms with Crippen molar-refractivity contribution in [1.82, 2.24) is 15.3 Å². The fourth-order valence-electron chi connectivity index (χ4n) is 5.46. The number of amides is 1. The number of hydrogen-bond acceptors (Lipinski definition) is 6. The number of aryl methyl sites for hydroxylation is 2. The smallest absolute Gasteiger partial charge is 0.263 e. The molecular weight excluding hydrogens is 406 g/mol. The maximum atomic E-state index is 13.0. The number of carbonyl (C=O) groups excluding carboxylic acids is 1. The van der Waals surface area contributed by atoms with Crippen molar-refractivity contribution in [2.45, 2.75) is 45.1 Å². The third kappa shape index (κ3) is 3.35. The molecule has 1 saturated carbocycles. The number of piperidine rings is 2. The predicted octanol–water partition coefficient (Wildman–Crippen LogP) is 3.72. The van der Waals surface area contributed by atoms with E-state index in [1.54, 1.807) is 0 Å². The minimum absolute atomic E-state index is 0.0938. The maximum Gasteiger partial charge on any atom is 0.263 e. The molecular formula is C24H27N5OS. The van der Waals surface area contributed by atoms with E-state index in [0.29, 0.717) is 10.6 Å². The molecule has 1 atom stereocenters. The van der Waals surface area contributed by atoms with E-state index in [9.17, 15) is 4.79 Å². The molecule has 1 amide bonds. The van der Waals surface area contributed by atoms with Crippen LogP contribution in [0.4, 0.5) is 11.5 Å². The molecule has 2 aliphatic heterocycles. The average Bonchev–Trinajstić information content (AvgIpc) is 3.08. The summed E-state index contributed by atoms with van der Waals surface area (Å²) in [6.45, 7) is 4.26. The van der Waals surface area contributed by atoms with Gasteiger partial charge < -0.3 is 16.0 Å². The van der Waals surface area contributed by atoms with Crippen LogP contribution in [0.5, 0.6) is 0 Å². The average molecular weight is 434 g/mol. The molecule has 0 aromatic carbocycles. The Labute approximate surface area is 185 Å². The summed E-state index contributed by atoms with van der Waals surface area (Å²) in [7, 11) is 0. The van der Waals surface area contributed by atoms with E-state index < -0.39 is 0 Å². The van der Waals surface area contributed by atoms with Gasteiger partial charge in [-0.3, -0.25) is 4.79 Å². The molecule has 6 nitrogen and oxygen atoms in total. The van der Waals surface area contributed by atoms with Crippen LogP contribution in [-0.2, 0) is 12.8 Å². The number of fused-ring (bicyclic) bond motifs is 4. The quantitative estimate of drug-likeness (QED) is 0.658. The van der Waals surface area contributed by atoms with Crippen LogP contribution in [0.25, 0.3) is 10.2 Å². The molecule has 31 heavy (non-hydrogen) atoms. The number of nitrogens with zero attached hydrogens (tertiary/aromatic N) is 3. The molecule has 4 aliphatic rings. The largest absolute Gasteiger partial charge is 0.397 e. The Hall–Kier alpha value is -2.67. The van der Waals surface area contributed by atoms with E-state index in [4.69, 9.17) is 10.7 Å². The van der Waals surface area contributed by atoms with Crippen LogP contribution in [0.2, 0.25) is 0 Å². The van der Waals surface area contributed by atoms with E-state index in [-0.39, 0.29) is 11.9 Å². The van der Waals surface area contributed by atoms with Gasteiger partial charge in [0, 0.05) is 35.9 Å². The number of rotatable bonds is 3. The van der Waals surface area contributed by atoms with Crippen molar-refractivity contribution in [3.05, 3.63) is 46.1 Å². The molecule has 0 spiro atoms. The lowest BCUT2D eigenvalue weighted by atomic mass is 9.71. The van der Waals surface area contributed by atoms with Crippen molar-refractivity contribution < 1.29 is 4.79 Å². The fraction of sp³-hybridized carbons (Fsp3) is 0.458. The Morgan fingerprint density at radius 1 is 1.16 bits per heavy atom. The molecule has 0 radical (unpaired) electrons. The van der Waals surface area contributed by atoms with Crippen molar-refractivity contribution in [3.8, 4) is 0 Å². The van der Waals surface area contributed by atoms with Crippen molar-refractivity contribution in [2.75, 3.05) is 23.7 Å². The number of nitrogens with one attached hydrogen (secondary N) is 1. The molecule has 3 aromatic rings. The second-order valence-corrected chi connectivity index (χ2v) is 10.4. The summed E-state index contributed by atoms with van der Waals surface area (Å²) >= 11 is 1.38. The van der Waals surface area contributed by atoms with E-state index in [1.165, 1.54) is 35.4 Å². The summed E-state index contributed by atoms with van der Waals surface area (Å²) in [4.78, 5) is 26.3. The lowest BCUT2D eigenvalue weighted by molar-refractivity contribution is 0.0938. The van der Waals surface area contributed by atoms with Crippen LogP contribution in [0, 0.1) is 18.8 Å². The van der Waals surface area contributed by atoms with Gasteiger partial charge in [0.2, 0.25) is 0 Å². The number of nitrogens with two attached hydrogens (primary N) is 1. The van der Waals surface area contributed by atoms with Gasteiger partial charge in [0.05, 0.1) is 5.69 Å². The minimum atomic E-state index is -0.0938. The van der Waals surface area contributed by atoms with Crippen LogP contribution >= 0.6 is 11.3 Å². The van der Waals surface area contributed by atoms with E-state index in [2.05, 4.69) is 27.3 Å². The molecule has 2 saturated heterocycles. The zero-order chi connectivity index (χ0) is 21.1. The first-order valence-corrected chi connectivity index (χ1v) is 12.1. The highest BCUT2D eigenvalue weighted by atomic mass is 32.1. The number of aromatic nitrogens is 2. The number of hydrogen-bond donors (Lipinski definition) is 2. The van der Waals surface area contributed by atoms with Gasteiger partial charge >= 0.3 is 0 Å². The molecule has 7 rings (SSSR count). The molecule has 5 heterocycles. The highest BCUT2D eigenvalue weighted by Crippen LogP contribution is 2.41. The minimum Gasteiger partial charge on any atom is -0.397 e. The summed E-state index contributed by atoms with van der Waals surface area (Å²) in [5, 5.41) is 4.07. The molecule has 160 valence electrons. The van der Waals surface area contributed by atoms with Crippen LogP contribution in [0.1, 0.15) is 45.9 Å². The van der Waals surface area contributed by atoms with Gasteiger partial charge in [-0.15, -0.1) is 11.3 Å². The Morgan fingerprint density at radius 2 is 1.97 bits per heavy atom. The van der Waals surface area contributed by atoms with E-state index in [0.717, 1.165) is 65.9 Å². The van der Waals surface area contributed by atoms with Gasteiger partial charge in [0.25, 0.3) is 5.91 Å². The van der Waals surface area contributed by atoms with Gasteiger partial charge in [-0.1, -0.05) is 6.07 Å². The zero-order valence-electron chi connectivity index (χ0n) is 17.7. The van der Waals surface area contributed by atoms with Gasteiger partial charge in [-0.05, 0) is 74.6 Å². The Bertz CT molecular complexity index is 1170. The third-order valence-corrected chi connectivity index (χ3v) is 8.25. The third-order valence-electron chi connectivity index (χ3n) is 7.14. The highest BCUT2D eigenvalue weighted by molar-refractivity contribution is 7.21. The zero-order valence-corrected chi connectivity index (χ0v) is 18.5. The van der Waals surface area contributed by atoms with Crippen molar-refractivity contribution in [1.29, 1.82) is 0 Å². The molecule has 0 unspecified atom stereocenters. The summed E-state index contributed by atoms with van der Waals surface area (Å²) in [6, 6.07) is 8.38. The van der Waals surface area contributed by atoms with E-state index in [1.807, 2.05) is 19.1 Å². The first-order chi connectivity index (χ1) is 15.0. The normalized spacial score (nSPS) is 24.5. The van der Waals surface area contributed by atoms with Crippen molar-refractivity contribution >= 4 is 39.0 Å². The standard InChI is InChI=1S/C24H27N5OS/c1-13-2-5-18-21(25)22(31-24(18)26-13)23(30)27-17-4-6-19-16(10-17)3-7-20(28-19)29-11-14-8-15(9-14)12-29/h2-3,5,7,14-15,17H,4,6,8-12,25H2,1H3,(H,27,30)/t14?,15?,17-/m0/s1. The summed E-state index contributed by atoms with van der Waals surface area (Å²) in [5.41, 5.74) is 10.2. The Kier molecular flexibility index (Phi) is 4.42. The Morgan fingerprint density at radius 3 is 2.77 bits per heavy atom. The first kappa shape index (κ1) is 19.0. The van der Waals surface area contributed by atoms with Gasteiger partial charge in [0.15, 0.2) is 0 Å².